The zero-order valence-electron chi connectivity index (χ0n) is 15.8. The molecule has 0 atom stereocenters. The Morgan fingerprint density at radius 1 is 1.25 bits per heavy atom. The van der Waals surface area contributed by atoms with Gasteiger partial charge < -0.3 is 19.5 Å². The molecule has 0 aliphatic carbocycles. The fourth-order valence-corrected chi connectivity index (χ4v) is 4.45. The van der Waals surface area contributed by atoms with Crippen LogP contribution in [0.5, 0.6) is 0 Å². The van der Waals surface area contributed by atoms with Crippen molar-refractivity contribution < 1.29 is 14.0 Å². The van der Waals surface area contributed by atoms with Crippen LogP contribution in [0.15, 0.2) is 22.9 Å². The topological polar surface area (TPSA) is 91.6 Å². The molecule has 0 radical (unpaired) electrons. The fraction of sp³-hybridized carbons (Fsp3) is 0.368. The lowest BCUT2D eigenvalue weighted by Gasteiger charge is -2.32. The SMILES string of the molecule is Cc1ccc(CNc2ncnc3sc(C(=O)N4CCN(C=O)CC4)c(C)c23)o1. The van der Waals surface area contributed by atoms with E-state index in [0.717, 1.165) is 33.7 Å². The number of hydrogen-bond donors (Lipinski definition) is 1. The highest BCUT2D eigenvalue weighted by Crippen LogP contribution is 2.34. The van der Waals surface area contributed by atoms with Crippen LogP contribution < -0.4 is 5.32 Å². The second-order valence-corrected chi connectivity index (χ2v) is 7.76. The minimum atomic E-state index is -0.0151. The Balaban J connectivity index is 1.58. The molecule has 0 aromatic carbocycles. The summed E-state index contributed by atoms with van der Waals surface area (Å²) in [7, 11) is 0. The van der Waals surface area contributed by atoms with E-state index < -0.39 is 0 Å². The van der Waals surface area contributed by atoms with Gasteiger partial charge in [0.05, 0.1) is 16.8 Å². The lowest BCUT2D eigenvalue weighted by Crippen LogP contribution is -2.48. The van der Waals surface area contributed by atoms with Gasteiger partial charge in [0, 0.05) is 26.2 Å². The van der Waals surface area contributed by atoms with E-state index >= 15 is 0 Å². The normalized spacial score (nSPS) is 14.5. The average Bonchev–Trinajstić information content (AvgIpc) is 3.29. The van der Waals surface area contributed by atoms with Crippen LogP contribution in [0.3, 0.4) is 0 Å². The Labute approximate surface area is 166 Å². The summed E-state index contributed by atoms with van der Waals surface area (Å²) in [5, 5.41) is 4.16. The molecule has 4 heterocycles. The molecule has 1 saturated heterocycles. The Kier molecular flexibility index (Phi) is 4.99. The summed E-state index contributed by atoms with van der Waals surface area (Å²) in [5.41, 5.74) is 0.876. The Hall–Kier alpha value is -2.94. The lowest BCUT2D eigenvalue weighted by atomic mass is 10.2. The molecule has 0 saturated carbocycles. The highest BCUT2D eigenvalue weighted by Gasteiger charge is 2.26. The average molecular weight is 399 g/mol. The molecule has 2 amide bonds. The van der Waals surface area contributed by atoms with E-state index in [4.69, 9.17) is 4.42 Å². The van der Waals surface area contributed by atoms with E-state index in [-0.39, 0.29) is 5.91 Å². The molecule has 146 valence electrons. The number of aromatic nitrogens is 2. The molecule has 1 aliphatic rings. The van der Waals surface area contributed by atoms with Crippen molar-refractivity contribution in [2.24, 2.45) is 0 Å². The van der Waals surface area contributed by atoms with Gasteiger partial charge >= 0.3 is 0 Å². The quantitative estimate of drug-likeness (QED) is 0.663. The first-order valence-electron chi connectivity index (χ1n) is 9.08. The number of nitrogens with one attached hydrogen (secondary N) is 1. The molecular formula is C19H21N5O3S. The summed E-state index contributed by atoms with van der Waals surface area (Å²) >= 11 is 1.38. The number of thiophene rings is 1. The molecule has 1 N–H and O–H groups in total. The lowest BCUT2D eigenvalue weighted by molar-refractivity contribution is -0.119. The van der Waals surface area contributed by atoms with Crippen LogP contribution in [0.2, 0.25) is 0 Å². The molecule has 28 heavy (non-hydrogen) atoms. The van der Waals surface area contributed by atoms with Gasteiger partial charge in [-0.25, -0.2) is 9.97 Å². The standard InChI is InChI=1S/C19H21N5O3S/c1-12-3-4-14(27-12)9-20-17-15-13(2)16(28-18(15)22-10-21-17)19(26)24-7-5-23(11-25)6-8-24/h3-4,10-11H,5-9H2,1-2H3,(H,20,21,22). The van der Waals surface area contributed by atoms with Crippen LogP contribution in [0, 0.1) is 13.8 Å². The van der Waals surface area contributed by atoms with Gasteiger partial charge in [-0.2, -0.15) is 0 Å². The van der Waals surface area contributed by atoms with Crippen LogP contribution in [0.25, 0.3) is 10.2 Å². The zero-order valence-corrected chi connectivity index (χ0v) is 16.6. The van der Waals surface area contributed by atoms with Crippen molar-refractivity contribution >= 4 is 39.7 Å². The van der Waals surface area contributed by atoms with Crippen LogP contribution >= 0.6 is 11.3 Å². The van der Waals surface area contributed by atoms with Crippen LogP contribution in [-0.4, -0.2) is 58.3 Å². The van der Waals surface area contributed by atoms with Crippen molar-refractivity contribution in [2.75, 3.05) is 31.5 Å². The number of carbonyl (C=O) groups is 2. The van der Waals surface area contributed by atoms with Gasteiger partial charge in [-0.05, 0) is 31.5 Å². The monoisotopic (exact) mass is 399 g/mol. The number of aryl methyl sites for hydroxylation is 2. The van der Waals surface area contributed by atoms with Crippen molar-refractivity contribution in [3.8, 4) is 0 Å². The number of furan rings is 1. The molecule has 0 spiro atoms. The predicted octanol–water partition coefficient (Wildman–Crippen LogP) is 2.43. The molecule has 3 aromatic rings. The Morgan fingerprint density at radius 3 is 2.71 bits per heavy atom. The third-order valence-corrected chi connectivity index (χ3v) is 6.09. The molecule has 1 aliphatic heterocycles. The van der Waals surface area contributed by atoms with Gasteiger partial charge in [-0.3, -0.25) is 9.59 Å². The van der Waals surface area contributed by atoms with Gasteiger partial charge in [-0.15, -0.1) is 11.3 Å². The smallest absolute Gasteiger partial charge is 0.264 e. The summed E-state index contributed by atoms with van der Waals surface area (Å²) in [6, 6.07) is 3.85. The molecule has 4 rings (SSSR count). The molecule has 9 heteroatoms. The van der Waals surface area contributed by atoms with Crippen LogP contribution in [0.1, 0.15) is 26.8 Å². The number of piperazine rings is 1. The second-order valence-electron chi connectivity index (χ2n) is 6.76. The Bertz CT molecular complexity index is 1020. The maximum atomic E-state index is 13.0. The van der Waals surface area contributed by atoms with E-state index in [0.29, 0.717) is 43.4 Å². The highest BCUT2D eigenvalue weighted by atomic mass is 32.1. The van der Waals surface area contributed by atoms with Crippen LogP contribution in [0.4, 0.5) is 5.82 Å². The van der Waals surface area contributed by atoms with E-state index in [1.165, 1.54) is 17.7 Å². The predicted molar refractivity (Wildman–Crippen MR) is 106 cm³/mol. The Morgan fingerprint density at radius 2 is 2.04 bits per heavy atom. The minimum Gasteiger partial charge on any atom is -0.465 e. The number of fused-ring (bicyclic) bond motifs is 1. The van der Waals surface area contributed by atoms with Gasteiger partial charge in [0.1, 0.15) is 28.5 Å². The van der Waals surface area contributed by atoms with Crippen molar-refractivity contribution in [1.29, 1.82) is 0 Å². The summed E-state index contributed by atoms with van der Waals surface area (Å²) in [4.78, 5) is 37.6. The van der Waals surface area contributed by atoms with Crippen molar-refractivity contribution in [2.45, 2.75) is 20.4 Å². The fourth-order valence-electron chi connectivity index (χ4n) is 3.33. The molecule has 0 unspecified atom stereocenters. The maximum Gasteiger partial charge on any atom is 0.264 e. The molecular weight excluding hydrogens is 378 g/mol. The third-order valence-electron chi connectivity index (χ3n) is 4.90. The number of rotatable bonds is 5. The van der Waals surface area contributed by atoms with Gasteiger partial charge in [0.25, 0.3) is 5.91 Å². The maximum absolute atomic E-state index is 13.0. The first-order valence-corrected chi connectivity index (χ1v) is 9.90. The van der Waals surface area contributed by atoms with E-state index in [9.17, 15) is 9.59 Å². The van der Waals surface area contributed by atoms with Gasteiger partial charge in [-0.1, -0.05) is 0 Å². The highest BCUT2D eigenvalue weighted by molar-refractivity contribution is 7.20. The van der Waals surface area contributed by atoms with E-state index in [1.54, 1.807) is 9.80 Å². The first kappa shape index (κ1) is 18.4. The number of hydrogen-bond acceptors (Lipinski definition) is 7. The zero-order chi connectivity index (χ0) is 19.7. The molecule has 0 bridgehead atoms. The third kappa shape index (κ3) is 3.45. The van der Waals surface area contributed by atoms with Gasteiger partial charge in [0.15, 0.2) is 0 Å². The van der Waals surface area contributed by atoms with E-state index in [2.05, 4.69) is 15.3 Å². The minimum absolute atomic E-state index is 0.0151. The van der Waals surface area contributed by atoms with Crippen molar-refractivity contribution in [3.05, 3.63) is 40.4 Å². The van der Waals surface area contributed by atoms with Crippen molar-refractivity contribution in [3.63, 3.8) is 0 Å². The summed E-state index contributed by atoms with van der Waals surface area (Å²) in [5.74, 6) is 2.36. The number of nitrogens with zero attached hydrogens (tertiary/aromatic N) is 4. The van der Waals surface area contributed by atoms with Crippen LogP contribution in [-0.2, 0) is 11.3 Å². The second kappa shape index (κ2) is 7.59. The molecule has 1 fully saturated rings. The number of anilines is 1. The van der Waals surface area contributed by atoms with Crippen molar-refractivity contribution in [1.82, 2.24) is 19.8 Å². The largest absolute Gasteiger partial charge is 0.465 e. The summed E-state index contributed by atoms with van der Waals surface area (Å²) in [6.45, 7) is 6.55. The number of carbonyl (C=O) groups excluding carboxylic acids is 2. The molecule has 8 nitrogen and oxygen atoms in total. The number of amides is 2. The first-order chi connectivity index (χ1) is 13.6. The van der Waals surface area contributed by atoms with E-state index in [1.807, 2.05) is 26.0 Å². The summed E-state index contributed by atoms with van der Waals surface area (Å²) in [6.07, 6.45) is 2.34. The summed E-state index contributed by atoms with van der Waals surface area (Å²) < 4.78 is 5.60. The van der Waals surface area contributed by atoms with Gasteiger partial charge in [0.2, 0.25) is 6.41 Å². The molecule has 3 aromatic heterocycles.